The fraction of sp³-hybridized carbons (Fsp3) is 0.432. The molecule has 2 amide bonds. The van der Waals surface area contributed by atoms with Gasteiger partial charge in [-0.05, 0) is 61.0 Å². The quantitative estimate of drug-likeness (QED) is 0.0276. The molecule has 0 saturated heterocycles. The van der Waals surface area contributed by atoms with Crippen LogP contribution >= 0.6 is 0 Å². The first-order valence-corrected chi connectivity index (χ1v) is 21.5. The molecule has 0 saturated carbocycles. The fourth-order valence-corrected chi connectivity index (χ4v) is 7.40. The normalized spacial score (nSPS) is 11.9. The van der Waals surface area contributed by atoms with Crippen molar-refractivity contribution in [1.29, 1.82) is 0 Å². The molecule has 0 radical (unpaired) electrons. The predicted molar refractivity (Wildman–Crippen MR) is 224 cm³/mol. The molecule has 4 rings (SSSR count). The molecule has 0 fully saturated rings. The second kappa shape index (κ2) is 23.2. The molecule has 57 heavy (non-hydrogen) atoms. The minimum atomic E-state index is -3.88. The third-order valence-corrected chi connectivity index (χ3v) is 11.6. The summed E-state index contributed by atoms with van der Waals surface area (Å²) >= 11 is 0. The Morgan fingerprint density at radius 2 is 1.39 bits per heavy atom. The van der Waals surface area contributed by atoms with Crippen molar-refractivity contribution < 1.29 is 32.3 Å². The summed E-state index contributed by atoms with van der Waals surface area (Å²) in [6.07, 6.45) is 20.8. The Morgan fingerprint density at radius 1 is 0.789 bits per heavy atom. The predicted octanol–water partition coefficient (Wildman–Crippen LogP) is 9.12. The molecule has 1 unspecified atom stereocenters. The number of aromatic nitrogens is 2. The van der Waals surface area contributed by atoms with E-state index in [4.69, 9.17) is 4.74 Å². The fourth-order valence-electron chi connectivity index (χ4n) is 6.46. The minimum absolute atomic E-state index is 0.0202. The summed E-state index contributed by atoms with van der Waals surface area (Å²) in [5.41, 5.74) is 0.515. The molecule has 0 aliphatic rings. The van der Waals surface area contributed by atoms with Crippen LogP contribution in [0.5, 0.6) is 5.75 Å². The SMILES string of the molecule is CCCCCCCCCCCCCCCCOc1ccc(C(=O)C(C(=O)Nc2ccc(S(=O)(=O)N(C)C)cc2C=O)n2ccnc2C(=O)Nc2ccccc2)cc1. The van der Waals surface area contributed by atoms with Gasteiger partial charge < -0.3 is 19.9 Å². The molecular formula is C44H57N5O7S. The summed E-state index contributed by atoms with van der Waals surface area (Å²) in [6, 6.07) is 17.1. The number of rotatable bonds is 26. The molecule has 3 aromatic carbocycles. The van der Waals surface area contributed by atoms with Gasteiger partial charge in [-0.3, -0.25) is 19.2 Å². The second-order valence-corrected chi connectivity index (χ2v) is 16.5. The zero-order chi connectivity index (χ0) is 41.0. The summed E-state index contributed by atoms with van der Waals surface area (Å²) in [4.78, 5) is 57.8. The lowest BCUT2D eigenvalue weighted by Gasteiger charge is -2.20. The van der Waals surface area contributed by atoms with Crippen molar-refractivity contribution in [2.75, 3.05) is 31.3 Å². The van der Waals surface area contributed by atoms with Crippen molar-refractivity contribution in [2.45, 2.75) is 108 Å². The van der Waals surface area contributed by atoms with E-state index in [0.717, 1.165) is 23.2 Å². The molecule has 1 heterocycles. The van der Waals surface area contributed by atoms with Crippen LogP contribution in [0.3, 0.4) is 0 Å². The lowest BCUT2D eigenvalue weighted by Crippen LogP contribution is -2.35. The number of aldehydes is 1. The first-order valence-electron chi connectivity index (χ1n) is 20.1. The van der Waals surface area contributed by atoms with Gasteiger partial charge in [0, 0.05) is 43.3 Å². The smallest absolute Gasteiger partial charge is 0.291 e. The molecule has 12 nitrogen and oxygen atoms in total. The average molecular weight is 800 g/mol. The molecule has 306 valence electrons. The number of benzene rings is 3. The molecular weight excluding hydrogens is 743 g/mol. The molecule has 0 aliphatic carbocycles. The number of carbonyl (C=O) groups excluding carboxylic acids is 4. The van der Waals surface area contributed by atoms with Gasteiger partial charge in [0.1, 0.15) is 5.75 Å². The number of hydrogen-bond acceptors (Lipinski definition) is 8. The van der Waals surface area contributed by atoms with Gasteiger partial charge in [-0.25, -0.2) is 17.7 Å². The van der Waals surface area contributed by atoms with Gasteiger partial charge in [-0.1, -0.05) is 109 Å². The number of hydrogen-bond donors (Lipinski definition) is 2. The van der Waals surface area contributed by atoms with E-state index in [0.29, 0.717) is 24.3 Å². The van der Waals surface area contributed by atoms with E-state index in [1.807, 2.05) is 0 Å². The number of Topliss-reactive ketones (excluding diaryl/α,β-unsaturated/α-hetero) is 1. The molecule has 0 spiro atoms. The van der Waals surface area contributed by atoms with Gasteiger partial charge in [-0.2, -0.15) is 0 Å². The molecule has 4 aromatic rings. The van der Waals surface area contributed by atoms with Crippen molar-refractivity contribution in [3.63, 3.8) is 0 Å². The Balaban J connectivity index is 1.40. The number of unbranched alkanes of at least 4 members (excludes halogenated alkanes) is 13. The molecule has 1 aromatic heterocycles. The summed E-state index contributed by atoms with van der Waals surface area (Å²) in [5.74, 6) is -1.82. The monoisotopic (exact) mass is 799 g/mol. The number of nitrogens with zero attached hydrogens (tertiary/aromatic N) is 3. The zero-order valence-corrected chi connectivity index (χ0v) is 34.3. The third kappa shape index (κ3) is 13.5. The van der Waals surface area contributed by atoms with E-state index in [-0.39, 0.29) is 27.5 Å². The van der Waals surface area contributed by atoms with Gasteiger partial charge in [0.25, 0.3) is 11.8 Å². The number of anilines is 2. The first kappa shape index (κ1) is 44.6. The van der Waals surface area contributed by atoms with Crippen LogP contribution in [0, 0.1) is 0 Å². The van der Waals surface area contributed by atoms with Gasteiger partial charge in [-0.15, -0.1) is 0 Å². The Morgan fingerprint density at radius 3 is 1.96 bits per heavy atom. The summed E-state index contributed by atoms with van der Waals surface area (Å²) < 4.78 is 33.5. The van der Waals surface area contributed by atoms with E-state index in [9.17, 15) is 27.6 Å². The van der Waals surface area contributed by atoms with Crippen molar-refractivity contribution in [3.8, 4) is 5.75 Å². The van der Waals surface area contributed by atoms with Crippen LogP contribution in [-0.4, -0.2) is 66.9 Å². The van der Waals surface area contributed by atoms with Crippen LogP contribution in [0.2, 0.25) is 0 Å². The van der Waals surface area contributed by atoms with Crippen LogP contribution in [0.25, 0.3) is 0 Å². The van der Waals surface area contributed by atoms with Crippen LogP contribution < -0.4 is 15.4 Å². The number of nitrogens with one attached hydrogen (secondary N) is 2. The highest BCUT2D eigenvalue weighted by Crippen LogP contribution is 2.26. The highest BCUT2D eigenvalue weighted by atomic mass is 32.2. The lowest BCUT2D eigenvalue weighted by molar-refractivity contribution is -0.118. The Hall–Kier alpha value is -5.14. The van der Waals surface area contributed by atoms with E-state index < -0.39 is 33.7 Å². The molecule has 0 bridgehead atoms. The molecule has 0 aliphatic heterocycles. The van der Waals surface area contributed by atoms with E-state index in [2.05, 4.69) is 22.5 Å². The van der Waals surface area contributed by atoms with Crippen LogP contribution in [-0.2, 0) is 14.8 Å². The van der Waals surface area contributed by atoms with Crippen LogP contribution in [0.1, 0.15) is 134 Å². The van der Waals surface area contributed by atoms with Gasteiger partial charge in [0.15, 0.2) is 23.9 Å². The Bertz CT molecular complexity index is 2000. The van der Waals surface area contributed by atoms with Crippen molar-refractivity contribution in [3.05, 3.63) is 102 Å². The van der Waals surface area contributed by atoms with Gasteiger partial charge in [0.2, 0.25) is 10.0 Å². The first-order chi connectivity index (χ1) is 27.6. The lowest BCUT2D eigenvalue weighted by atomic mass is 10.0. The summed E-state index contributed by atoms with van der Waals surface area (Å²) in [7, 11) is -1.16. The van der Waals surface area contributed by atoms with E-state index in [1.165, 1.54) is 120 Å². The molecule has 13 heteroatoms. The van der Waals surface area contributed by atoms with Crippen molar-refractivity contribution in [2.24, 2.45) is 0 Å². The van der Waals surface area contributed by atoms with Crippen LogP contribution in [0.15, 0.2) is 90.1 Å². The number of ketones is 1. The number of ether oxygens (including phenoxy) is 1. The number of amides is 2. The van der Waals surface area contributed by atoms with Gasteiger partial charge >= 0.3 is 0 Å². The van der Waals surface area contributed by atoms with E-state index >= 15 is 0 Å². The molecule has 2 N–H and O–H groups in total. The topological polar surface area (TPSA) is 157 Å². The van der Waals surface area contributed by atoms with Crippen molar-refractivity contribution >= 4 is 45.3 Å². The highest BCUT2D eigenvalue weighted by Gasteiger charge is 2.33. The average Bonchev–Trinajstić information content (AvgIpc) is 3.69. The van der Waals surface area contributed by atoms with Crippen molar-refractivity contribution in [1.82, 2.24) is 13.9 Å². The van der Waals surface area contributed by atoms with Crippen LogP contribution in [0.4, 0.5) is 11.4 Å². The van der Waals surface area contributed by atoms with Gasteiger partial charge in [0.05, 0.1) is 17.2 Å². The Kier molecular flexibility index (Phi) is 18.1. The maximum absolute atomic E-state index is 14.2. The number of para-hydroxylation sites is 1. The Labute approximate surface area is 337 Å². The number of imidazole rings is 1. The maximum Gasteiger partial charge on any atom is 0.291 e. The summed E-state index contributed by atoms with van der Waals surface area (Å²) in [6.45, 7) is 2.79. The summed E-state index contributed by atoms with van der Waals surface area (Å²) in [5, 5.41) is 5.33. The largest absolute Gasteiger partial charge is 0.494 e. The number of sulfonamides is 1. The number of carbonyl (C=O) groups is 4. The highest BCUT2D eigenvalue weighted by molar-refractivity contribution is 7.89. The minimum Gasteiger partial charge on any atom is -0.494 e. The van der Waals surface area contributed by atoms with E-state index in [1.54, 1.807) is 54.6 Å². The second-order valence-electron chi connectivity index (χ2n) is 14.4. The maximum atomic E-state index is 14.2. The zero-order valence-electron chi connectivity index (χ0n) is 33.5. The molecule has 1 atom stereocenters. The third-order valence-electron chi connectivity index (χ3n) is 9.77. The standard InChI is InChI=1S/C44H57N5O7S/c1-4-5-6-7-8-9-10-11-12-13-14-15-16-20-31-56-37-25-23-34(24-26-37)41(51)40(49-30-29-45-42(49)44(53)46-36-21-18-17-19-22-36)43(52)47-39-28-27-38(32-35(39)33-50)57(54,55)48(2)3/h17-19,21-30,32-33,40H,4-16,20,31H2,1-3H3,(H,46,53)(H,47,52).